The van der Waals surface area contributed by atoms with Crippen LogP contribution in [0.4, 0.5) is 4.79 Å². The largest absolute Gasteiger partial charge is 0.445 e. The summed E-state index contributed by atoms with van der Waals surface area (Å²) in [5.41, 5.74) is 0.504. The highest BCUT2D eigenvalue weighted by molar-refractivity contribution is 6.05. The molecule has 2 aliphatic rings. The van der Waals surface area contributed by atoms with Crippen LogP contribution in [0, 0.1) is 11.8 Å². The summed E-state index contributed by atoms with van der Waals surface area (Å²) in [6.07, 6.45) is 1.41. The van der Waals surface area contributed by atoms with Crippen LogP contribution in [0.25, 0.3) is 0 Å². The lowest BCUT2D eigenvalue weighted by Crippen LogP contribution is -2.59. The molecule has 2 fully saturated rings. The van der Waals surface area contributed by atoms with Gasteiger partial charge in [0.2, 0.25) is 23.6 Å². The third-order valence-electron chi connectivity index (χ3n) is 8.05. The summed E-state index contributed by atoms with van der Waals surface area (Å²) in [6, 6.07) is 6.17. The Morgan fingerprint density at radius 3 is 2.27 bits per heavy atom. The molecule has 0 spiro atoms. The van der Waals surface area contributed by atoms with Gasteiger partial charge in [-0.2, -0.15) is 0 Å². The van der Waals surface area contributed by atoms with Gasteiger partial charge in [-0.1, -0.05) is 50.3 Å². The SMILES string of the molecule is CC(=O)N1CC/C(=C\[C@H](C[C@@H]2CCNC2=O)NC(=O)[C@H](CC(C)C)NC(=O)[C@@H](NC(=O)OCc2ccccc2)C(C)OC(C)(C)C)C1=O. The Morgan fingerprint density at radius 2 is 1.71 bits per heavy atom. The number of carbonyl (C=O) groups excluding carboxylic acids is 6. The summed E-state index contributed by atoms with van der Waals surface area (Å²) in [4.78, 5) is 78.9. The van der Waals surface area contributed by atoms with Crippen LogP contribution in [0.5, 0.6) is 0 Å². The molecule has 2 heterocycles. The average Bonchev–Trinajstić information content (AvgIpc) is 3.57. The van der Waals surface area contributed by atoms with E-state index in [1.54, 1.807) is 13.0 Å². The minimum absolute atomic E-state index is 0.00348. The highest BCUT2D eigenvalue weighted by atomic mass is 16.6. The Kier molecular flexibility index (Phi) is 13.7. The Labute approximate surface area is 282 Å². The first-order valence-electron chi connectivity index (χ1n) is 16.6. The normalized spacial score (nSPS) is 19.8. The second-order valence-electron chi connectivity index (χ2n) is 13.9. The summed E-state index contributed by atoms with van der Waals surface area (Å²) < 4.78 is 11.4. The number of alkyl carbamates (subject to hydrolysis) is 1. The number of nitrogens with zero attached hydrogens (tertiary/aromatic N) is 1. The summed E-state index contributed by atoms with van der Waals surface area (Å²) in [6.45, 7) is 13.0. The molecule has 1 unspecified atom stereocenters. The molecule has 3 rings (SSSR count). The van der Waals surface area contributed by atoms with Crippen LogP contribution in [0.1, 0.15) is 79.7 Å². The summed E-state index contributed by atoms with van der Waals surface area (Å²) in [5, 5.41) is 11.2. The van der Waals surface area contributed by atoms with Crippen molar-refractivity contribution < 1.29 is 38.2 Å². The second-order valence-corrected chi connectivity index (χ2v) is 13.9. The van der Waals surface area contributed by atoms with Crippen molar-refractivity contribution in [2.24, 2.45) is 11.8 Å². The molecule has 2 saturated heterocycles. The molecule has 0 aromatic heterocycles. The first kappa shape index (κ1) is 38.2. The molecular weight excluding hydrogens is 618 g/mol. The van der Waals surface area contributed by atoms with Gasteiger partial charge in [0.1, 0.15) is 18.7 Å². The standard InChI is InChI=1S/C35H51N5O8/c1-21(2)17-28(31(43)37-27(18-25-13-15-36-30(25)42)19-26-14-16-40(23(4)41)33(26)45)38-32(44)29(22(3)48-35(5,6)7)39-34(46)47-20-24-11-9-8-10-12-24/h8-12,19,21-22,25,27-29H,13-18,20H2,1-7H3,(H,36,42)(H,37,43)(H,38,44)(H,39,46)/b26-19+/t22?,25-,27-,28-,29-/m0/s1. The Morgan fingerprint density at radius 1 is 1.02 bits per heavy atom. The molecule has 4 N–H and O–H groups in total. The van der Waals surface area contributed by atoms with Gasteiger partial charge < -0.3 is 30.7 Å². The number of hydrogen-bond acceptors (Lipinski definition) is 8. The average molecular weight is 670 g/mol. The highest BCUT2D eigenvalue weighted by Gasteiger charge is 2.36. The molecule has 5 atom stereocenters. The van der Waals surface area contributed by atoms with Gasteiger partial charge in [-0.15, -0.1) is 0 Å². The minimum Gasteiger partial charge on any atom is -0.445 e. The van der Waals surface area contributed by atoms with Gasteiger partial charge in [0, 0.05) is 37.5 Å². The highest BCUT2D eigenvalue weighted by Crippen LogP contribution is 2.23. The Bertz CT molecular complexity index is 1360. The monoisotopic (exact) mass is 669 g/mol. The molecule has 13 nitrogen and oxygen atoms in total. The summed E-state index contributed by atoms with van der Waals surface area (Å²) in [7, 11) is 0. The van der Waals surface area contributed by atoms with Gasteiger partial charge in [-0.05, 0) is 64.9 Å². The van der Waals surface area contributed by atoms with Gasteiger partial charge in [0.15, 0.2) is 0 Å². The van der Waals surface area contributed by atoms with E-state index >= 15 is 0 Å². The van der Waals surface area contributed by atoms with E-state index in [-0.39, 0.29) is 49.6 Å². The molecule has 2 aliphatic heterocycles. The van der Waals surface area contributed by atoms with Crippen LogP contribution in [0.3, 0.4) is 0 Å². The van der Waals surface area contributed by atoms with Crippen molar-refractivity contribution in [2.45, 2.75) is 111 Å². The number of carbonyl (C=O) groups is 6. The van der Waals surface area contributed by atoms with Crippen molar-refractivity contribution >= 4 is 35.6 Å². The Hall–Kier alpha value is -4.26. The third-order valence-corrected chi connectivity index (χ3v) is 8.05. The number of imide groups is 1. The van der Waals surface area contributed by atoms with E-state index in [1.165, 1.54) is 6.92 Å². The number of benzene rings is 1. The molecule has 0 bridgehead atoms. The van der Waals surface area contributed by atoms with Crippen LogP contribution in [0.2, 0.25) is 0 Å². The quantitative estimate of drug-likeness (QED) is 0.219. The van der Waals surface area contributed by atoms with Crippen molar-refractivity contribution in [3.8, 4) is 0 Å². The second kappa shape index (κ2) is 17.2. The number of nitrogens with one attached hydrogen (secondary N) is 4. The maximum absolute atomic E-state index is 13.9. The zero-order chi connectivity index (χ0) is 35.6. The molecule has 1 aromatic rings. The fourth-order valence-electron chi connectivity index (χ4n) is 5.82. The van der Waals surface area contributed by atoms with Crippen LogP contribution >= 0.6 is 0 Å². The lowest BCUT2D eigenvalue weighted by Gasteiger charge is -2.32. The number of rotatable bonds is 14. The van der Waals surface area contributed by atoms with E-state index in [4.69, 9.17) is 9.47 Å². The number of amides is 6. The van der Waals surface area contributed by atoms with Gasteiger partial charge in [0.25, 0.3) is 5.91 Å². The smallest absolute Gasteiger partial charge is 0.408 e. The zero-order valence-electron chi connectivity index (χ0n) is 29.1. The van der Waals surface area contributed by atoms with E-state index in [1.807, 2.05) is 65.0 Å². The van der Waals surface area contributed by atoms with Gasteiger partial charge in [-0.3, -0.25) is 28.9 Å². The fourth-order valence-corrected chi connectivity index (χ4v) is 5.82. The summed E-state index contributed by atoms with van der Waals surface area (Å²) in [5.74, 6) is -2.47. The van der Waals surface area contributed by atoms with Crippen molar-refractivity contribution in [2.75, 3.05) is 13.1 Å². The zero-order valence-corrected chi connectivity index (χ0v) is 29.1. The van der Waals surface area contributed by atoms with E-state index in [2.05, 4.69) is 21.3 Å². The van der Waals surface area contributed by atoms with Crippen molar-refractivity contribution in [3.63, 3.8) is 0 Å². The predicted octanol–water partition coefficient (Wildman–Crippen LogP) is 2.73. The van der Waals surface area contributed by atoms with Crippen LogP contribution in [0.15, 0.2) is 42.0 Å². The summed E-state index contributed by atoms with van der Waals surface area (Å²) >= 11 is 0. The lowest BCUT2D eigenvalue weighted by atomic mass is 9.95. The molecule has 264 valence electrons. The maximum atomic E-state index is 13.9. The van der Waals surface area contributed by atoms with Crippen molar-refractivity contribution in [1.29, 1.82) is 0 Å². The van der Waals surface area contributed by atoms with Gasteiger partial charge in [0.05, 0.1) is 11.7 Å². The van der Waals surface area contributed by atoms with E-state index in [0.717, 1.165) is 10.5 Å². The topological polar surface area (TPSA) is 172 Å². The maximum Gasteiger partial charge on any atom is 0.408 e. The van der Waals surface area contributed by atoms with E-state index < -0.39 is 53.6 Å². The van der Waals surface area contributed by atoms with Crippen LogP contribution in [-0.2, 0) is 40.1 Å². The number of likely N-dealkylation sites (tertiary alicyclic amines) is 1. The molecule has 6 amide bonds. The minimum atomic E-state index is -1.20. The van der Waals surface area contributed by atoms with Gasteiger partial charge >= 0.3 is 6.09 Å². The molecule has 13 heteroatoms. The third kappa shape index (κ3) is 11.8. The van der Waals surface area contributed by atoms with Crippen LogP contribution in [-0.4, -0.2) is 83.4 Å². The Balaban J connectivity index is 1.81. The lowest BCUT2D eigenvalue weighted by molar-refractivity contribution is -0.139. The molecular formula is C35H51N5O8. The van der Waals surface area contributed by atoms with Gasteiger partial charge in [-0.25, -0.2) is 4.79 Å². The molecule has 1 aromatic carbocycles. The van der Waals surface area contributed by atoms with Crippen molar-refractivity contribution in [3.05, 3.63) is 47.5 Å². The molecule has 0 saturated carbocycles. The molecule has 0 radical (unpaired) electrons. The van der Waals surface area contributed by atoms with E-state index in [9.17, 15) is 28.8 Å². The first-order chi connectivity index (χ1) is 22.5. The van der Waals surface area contributed by atoms with Crippen LogP contribution < -0.4 is 21.3 Å². The fraction of sp³-hybridized carbons (Fsp3) is 0.600. The predicted molar refractivity (Wildman–Crippen MR) is 178 cm³/mol. The van der Waals surface area contributed by atoms with E-state index in [0.29, 0.717) is 25.0 Å². The first-order valence-corrected chi connectivity index (χ1v) is 16.6. The number of ether oxygens (including phenoxy) is 2. The molecule has 48 heavy (non-hydrogen) atoms. The number of hydrogen-bond donors (Lipinski definition) is 4. The molecule has 0 aliphatic carbocycles. The van der Waals surface area contributed by atoms with Crippen molar-refractivity contribution in [1.82, 2.24) is 26.2 Å².